The maximum Gasteiger partial charge on any atom is 0.225 e. The van der Waals surface area contributed by atoms with Crippen LogP contribution < -0.4 is 15.0 Å². The predicted octanol–water partition coefficient (Wildman–Crippen LogP) is 4.46. The van der Waals surface area contributed by atoms with Crippen molar-refractivity contribution < 1.29 is 4.74 Å². The van der Waals surface area contributed by atoms with Gasteiger partial charge in [-0.25, -0.2) is 4.98 Å². The van der Waals surface area contributed by atoms with E-state index in [1.807, 2.05) is 30.3 Å². The second kappa shape index (κ2) is 7.71. The number of nitrogens with one attached hydrogen (secondary N) is 1. The van der Waals surface area contributed by atoms with Gasteiger partial charge < -0.3 is 19.5 Å². The zero-order valence-corrected chi connectivity index (χ0v) is 17.2. The summed E-state index contributed by atoms with van der Waals surface area (Å²) in [6.45, 7) is 4.40. The summed E-state index contributed by atoms with van der Waals surface area (Å²) < 4.78 is 8.11. The summed E-state index contributed by atoms with van der Waals surface area (Å²) in [6.07, 6.45) is 2.10. The molecule has 5 rings (SSSR count). The van der Waals surface area contributed by atoms with E-state index < -0.39 is 0 Å². The van der Waals surface area contributed by atoms with Gasteiger partial charge in [0.2, 0.25) is 5.95 Å². The first-order chi connectivity index (χ1) is 14.7. The molecular formula is C24H25N5O. The average molecular weight is 399 g/mol. The minimum atomic E-state index is 0.402. The number of hydrogen-bond donors (Lipinski definition) is 1. The van der Waals surface area contributed by atoms with Gasteiger partial charge in [0.25, 0.3) is 0 Å². The lowest BCUT2D eigenvalue weighted by atomic mass is 10.2. The highest BCUT2D eigenvalue weighted by molar-refractivity contribution is 5.89. The monoisotopic (exact) mass is 399 g/mol. The highest BCUT2D eigenvalue weighted by Gasteiger charge is 2.24. The van der Waals surface area contributed by atoms with Gasteiger partial charge in [0.1, 0.15) is 17.9 Å². The van der Waals surface area contributed by atoms with E-state index in [0.717, 1.165) is 40.3 Å². The molecule has 0 fully saturated rings. The Bertz CT molecular complexity index is 1150. The van der Waals surface area contributed by atoms with Gasteiger partial charge in [-0.3, -0.25) is 0 Å². The van der Waals surface area contributed by atoms with E-state index in [2.05, 4.69) is 65.3 Å². The third-order valence-corrected chi connectivity index (χ3v) is 5.67. The Morgan fingerprint density at radius 2 is 1.80 bits per heavy atom. The van der Waals surface area contributed by atoms with Crippen molar-refractivity contribution in [3.63, 3.8) is 0 Å². The van der Waals surface area contributed by atoms with Crippen LogP contribution in [0.3, 0.4) is 0 Å². The van der Waals surface area contributed by atoms with Crippen LogP contribution >= 0.6 is 0 Å². The highest BCUT2D eigenvalue weighted by atomic mass is 16.5. The van der Waals surface area contributed by atoms with Crippen molar-refractivity contribution in [1.29, 1.82) is 0 Å². The number of nitrogens with zero attached hydrogens (tertiary/aromatic N) is 4. The maximum atomic E-state index is 5.87. The standard InChI is InChI=1S/C24H25N5O/c1-17-15-29-13-12-21-22(29)23(28(17)2)27-24(26-21)25-14-18-8-10-20(11-9-18)30-16-19-6-4-3-5-7-19/h3-13,17H,14-16H2,1-2H3,(H,25,26,27)/t17-/m0/s1. The molecule has 0 amide bonds. The Morgan fingerprint density at radius 1 is 1.00 bits per heavy atom. The fourth-order valence-electron chi connectivity index (χ4n) is 3.81. The van der Waals surface area contributed by atoms with Crippen molar-refractivity contribution in [2.24, 2.45) is 0 Å². The lowest BCUT2D eigenvalue weighted by Gasteiger charge is -2.32. The Hall–Kier alpha value is -3.54. The number of likely N-dealkylation sites (N-methyl/N-ethyl adjacent to an activating group) is 1. The first kappa shape index (κ1) is 18.5. The molecule has 3 heterocycles. The molecule has 0 saturated heterocycles. The fraction of sp³-hybridized carbons (Fsp3) is 0.250. The molecule has 0 spiro atoms. The van der Waals surface area contributed by atoms with Crippen LogP contribution in [-0.4, -0.2) is 27.6 Å². The van der Waals surface area contributed by atoms with Crippen molar-refractivity contribution in [2.45, 2.75) is 32.7 Å². The molecule has 30 heavy (non-hydrogen) atoms. The van der Waals surface area contributed by atoms with E-state index in [0.29, 0.717) is 25.1 Å². The van der Waals surface area contributed by atoms with Gasteiger partial charge >= 0.3 is 0 Å². The topological polar surface area (TPSA) is 55.2 Å². The molecule has 2 aromatic carbocycles. The molecule has 4 aromatic rings. The molecule has 1 aliphatic heterocycles. The van der Waals surface area contributed by atoms with Crippen LogP contribution in [0, 0.1) is 0 Å². The van der Waals surface area contributed by atoms with E-state index in [4.69, 9.17) is 14.7 Å². The van der Waals surface area contributed by atoms with Gasteiger partial charge in [-0.05, 0) is 36.2 Å². The molecular weight excluding hydrogens is 374 g/mol. The van der Waals surface area contributed by atoms with Gasteiger partial charge in [0.05, 0.1) is 5.52 Å². The van der Waals surface area contributed by atoms with Crippen LogP contribution in [0.15, 0.2) is 66.9 Å². The van der Waals surface area contributed by atoms with Gasteiger partial charge in [-0.1, -0.05) is 42.5 Å². The van der Waals surface area contributed by atoms with Gasteiger partial charge in [0.15, 0.2) is 5.82 Å². The van der Waals surface area contributed by atoms with Crippen molar-refractivity contribution in [3.8, 4) is 5.75 Å². The quantitative estimate of drug-likeness (QED) is 0.519. The molecule has 0 bridgehead atoms. The molecule has 0 unspecified atom stereocenters. The summed E-state index contributed by atoms with van der Waals surface area (Å²) in [7, 11) is 2.10. The third kappa shape index (κ3) is 3.56. The largest absolute Gasteiger partial charge is 0.489 e. The number of aromatic nitrogens is 3. The van der Waals surface area contributed by atoms with E-state index in [1.165, 1.54) is 0 Å². The highest BCUT2D eigenvalue weighted by Crippen LogP contribution is 2.31. The van der Waals surface area contributed by atoms with Crippen LogP contribution in [0.2, 0.25) is 0 Å². The van der Waals surface area contributed by atoms with Crippen molar-refractivity contribution in [2.75, 3.05) is 17.3 Å². The zero-order valence-electron chi connectivity index (χ0n) is 17.2. The summed E-state index contributed by atoms with van der Waals surface area (Å²) in [6, 6.07) is 20.8. The summed E-state index contributed by atoms with van der Waals surface area (Å²) in [5.41, 5.74) is 4.40. The lowest BCUT2D eigenvalue weighted by Crippen LogP contribution is -2.37. The summed E-state index contributed by atoms with van der Waals surface area (Å²) in [5.74, 6) is 2.50. The van der Waals surface area contributed by atoms with E-state index in [-0.39, 0.29) is 0 Å². The minimum absolute atomic E-state index is 0.402. The molecule has 6 heteroatoms. The number of rotatable bonds is 6. The maximum absolute atomic E-state index is 5.87. The molecule has 1 atom stereocenters. The Morgan fingerprint density at radius 3 is 2.60 bits per heavy atom. The number of benzene rings is 2. The molecule has 2 aromatic heterocycles. The molecule has 0 radical (unpaired) electrons. The SMILES string of the molecule is C[C@H]1Cn2ccc3nc(NCc4ccc(OCc5ccccc5)cc4)nc(c32)N1C. The van der Waals surface area contributed by atoms with Crippen LogP contribution in [0.25, 0.3) is 11.0 Å². The second-order valence-electron chi connectivity index (χ2n) is 7.80. The molecule has 1 N–H and O–H groups in total. The summed E-state index contributed by atoms with van der Waals surface area (Å²) in [5, 5.41) is 3.37. The van der Waals surface area contributed by atoms with Crippen LogP contribution in [0.5, 0.6) is 5.75 Å². The number of anilines is 2. The Labute approximate surface area is 176 Å². The van der Waals surface area contributed by atoms with Crippen molar-refractivity contribution >= 4 is 22.8 Å². The van der Waals surface area contributed by atoms with Crippen molar-refractivity contribution in [1.82, 2.24) is 14.5 Å². The van der Waals surface area contributed by atoms with Gasteiger partial charge in [-0.15, -0.1) is 0 Å². The first-order valence-corrected chi connectivity index (χ1v) is 10.3. The summed E-state index contributed by atoms with van der Waals surface area (Å²) >= 11 is 0. The van der Waals surface area contributed by atoms with E-state index in [9.17, 15) is 0 Å². The molecule has 0 aliphatic carbocycles. The van der Waals surface area contributed by atoms with Crippen LogP contribution in [0.4, 0.5) is 11.8 Å². The third-order valence-electron chi connectivity index (χ3n) is 5.67. The van der Waals surface area contributed by atoms with E-state index >= 15 is 0 Å². The van der Waals surface area contributed by atoms with Gasteiger partial charge in [-0.2, -0.15) is 4.98 Å². The second-order valence-corrected chi connectivity index (χ2v) is 7.80. The fourth-order valence-corrected chi connectivity index (χ4v) is 3.81. The normalized spacial score (nSPS) is 15.4. The molecule has 6 nitrogen and oxygen atoms in total. The molecule has 152 valence electrons. The number of ether oxygens (including phenoxy) is 1. The van der Waals surface area contributed by atoms with Crippen molar-refractivity contribution in [3.05, 3.63) is 78.0 Å². The smallest absolute Gasteiger partial charge is 0.225 e. The summed E-state index contributed by atoms with van der Waals surface area (Å²) in [4.78, 5) is 11.7. The van der Waals surface area contributed by atoms with Gasteiger partial charge in [0, 0.05) is 32.4 Å². The molecule has 1 aliphatic rings. The Kier molecular flexibility index (Phi) is 4.75. The average Bonchev–Trinajstić information content (AvgIpc) is 3.19. The first-order valence-electron chi connectivity index (χ1n) is 10.3. The zero-order chi connectivity index (χ0) is 20.5. The molecule has 0 saturated carbocycles. The van der Waals surface area contributed by atoms with Crippen LogP contribution in [0.1, 0.15) is 18.1 Å². The lowest BCUT2D eigenvalue weighted by molar-refractivity contribution is 0.306. The Balaban J connectivity index is 1.26. The minimum Gasteiger partial charge on any atom is -0.489 e. The predicted molar refractivity (Wildman–Crippen MR) is 120 cm³/mol. The van der Waals surface area contributed by atoms with E-state index in [1.54, 1.807) is 0 Å². The number of hydrogen-bond acceptors (Lipinski definition) is 5. The van der Waals surface area contributed by atoms with Crippen LogP contribution in [-0.2, 0) is 19.7 Å².